The molecular weight excluding hydrogens is 307 g/mol. The Bertz CT molecular complexity index is 718. The molecule has 1 atom stereocenters. The second-order valence-electron chi connectivity index (χ2n) is 6.00. The fraction of sp³-hybridized carbons (Fsp3) is 0.316. The first-order valence-corrected chi connectivity index (χ1v) is 7.98. The molecule has 1 unspecified atom stereocenters. The average molecular weight is 328 g/mol. The van der Waals surface area contributed by atoms with Gasteiger partial charge in [0.05, 0.1) is 13.2 Å². The van der Waals surface area contributed by atoms with Crippen LogP contribution in [-0.4, -0.2) is 49.5 Å². The van der Waals surface area contributed by atoms with Crippen molar-refractivity contribution in [1.82, 2.24) is 9.80 Å². The van der Waals surface area contributed by atoms with Crippen LogP contribution in [0.4, 0.5) is 4.39 Å². The maximum atomic E-state index is 14.1. The van der Waals surface area contributed by atoms with Crippen molar-refractivity contribution in [2.24, 2.45) is 0 Å². The molecule has 4 nitrogen and oxygen atoms in total. The van der Waals surface area contributed by atoms with Gasteiger partial charge in [-0.2, -0.15) is 0 Å². The van der Waals surface area contributed by atoms with Gasteiger partial charge in [0.15, 0.2) is 0 Å². The standard InChI is InChI=1S/C19H21FN2O2/c1-21-11-12-22(13-18(21)16-5-3-4-6-17(16)20)19(23)14-7-9-15(24-2)10-8-14/h3-10,18H,11-13H2,1-2H3. The van der Waals surface area contributed by atoms with Gasteiger partial charge in [0, 0.05) is 30.8 Å². The molecule has 1 fully saturated rings. The molecule has 1 heterocycles. The second kappa shape index (κ2) is 7.01. The number of methoxy groups -OCH3 is 1. The lowest BCUT2D eigenvalue weighted by Crippen LogP contribution is -2.49. The third-order valence-corrected chi connectivity index (χ3v) is 4.54. The number of piperazine rings is 1. The Labute approximate surface area is 141 Å². The lowest BCUT2D eigenvalue weighted by Gasteiger charge is -2.39. The van der Waals surface area contributed by atoms with E-state index in [1.807, 2.05) is 13.1 Å². The largest absolute Gasteiger partial charge is 0.497 e. The summed E-state index contributed by atoms with van der Waals surface area (Å²) in [6, 6.07) is 13.7. The minimum absolute atomic E-state index is 0.0351. The Balaban J connectivity index is 1.79. The van der Waals surface area contributed by atoms with Crippen molar-refractivity contribution >= 4 is 5.91 Å². The number of halogens is 1. The van der Waals surface area contributed by atoms with Crippen LogP contribution in [-0.2, 0) is 0 Å². The Morgan fingerprint density at radius 1 is 1.12 bits per heavy atom. The van der Waals surface area contributed by atoms with Gasteiger partial charge in [0.2, 0.25) is 0 Å². The second-order valence-corrected chi connectivity index (χ2v) is 6.00. The Hall–Kier alpha value is -2.40. The van der Waals surface area contributed by atoms with Crippen LogP contribution in [0.3, 0.4) is 0 Å². The summed E-state index contributed by atoms with van der Waals surface area (Å²) < 4.78 is 19.3. The van der Waals surface area contributed by atoms with Crippen molar-refractivity contribution in [3.05, 3.63) is 65.5 Å². The first kappa shape index (κ1) is 16.5. The van der Waals surface area contributed by atoms with Crippen molar-refractivity contribution in [3.63, 3.8) is 0 Å². The van der Waals surface area contributed by atoms with Gasteiger partial charge in [-0.05, 0) is 37.4 Å². The molecular formula is C19H21FN2O2. The zero-order chi connectivity index (χ0) is 17.1. The number of benzene rings is 2. The summed E-state index contributed by atoms with van der Waals surface area (Å²) >= 11 is 0. The van der Waals surface area contributed by atoms with Crippen molar-refractivity contribution in [1.29, 1.82) is 0 Å². The lowest BCUT2D eigenvalue weighted by atomic mass is 10.0. The van der Waals surface area contributed by atoms with Crippen LogP contribution in [0.25, 0.3) is 0 Å². The Morgan fingerprint density at radius 2 is 1.83 bits per heavy atom. The van der Waals surface area contributed by atoms with Gasteiger partial charge < -0.3 is 9.64 Å². The number of hydrogen-bond acceptors (Lipinski definition) is 3. The summed E-state index contributed by atoms with van der Waals surface area (Å²) in [5, 5.41) is 0. The van der Waals surface area contributed by atoms with Gasteiger partial charge in [0.1, 0.15) is 11.6 Å². The molecule has 2 aromatic rings. The van der Waals surface area contributed by atoms with Crippen molar-refractivity contribution in [3.8, 4) is 5.75 Å². The van der Waals surface area contributed by atoms with E-state index in [0.717, 1.165) is 0 Å². The summed E-state index contributed by atoms with van der Waals surface area (Å²) in [4.78, 5) is 16.6. The first-order valence-electron chi connectivity index (χ1n) is 7.98. The van der Waals surface area contributed by atoms with Crippen LogP contribution < -0.4 is 4.74 Å². The predicted octanol–water partition coefficient (Wildman–Crippen LogP) is 2.96. The lowest BCUT2D eigenvalue weighted by molar-refractivity contribution is 0.0540. The summed E-state index contributed by atoms with van der Waals surface area (Å²) in [5.74, 6) is 0.453. The maximum Gasteiger partial charge on any atom is 0.253 e. The number of hydrogen-bond donors (Lipinski definition) is 0. The third-order valence-electron chi connectivity index (χ3n) is 4.54. The number of carbonyl (C=O) groups excluding carboxylic acids is 1. The minimum atomic E-state index is -0.229. The van der Waals surface area contributed by atoms with Gasteiger partial charge >= 0.3 is 0 Å². The van der Waals surface area contributed by atoms with Crippen LogP contribution in [0.15, 0.2) is 48.5 Å². The quantitative estimate of drug-likeness (QED) is 0.868. The molecule has 24 heavy (non-hydrogen) atoms. The van der Waals surface area contributed by atoms with E-state index in [0.29, 0.717) is 36.5 Å². The molecule has 0 aliphatic carbocycles. The number of amides is 1. The van der Waals surface area contributed by atoms with E-state index >= 15 is 0 Å². The summed E-state index contributed by atoms with van der Waals surface area (Å²) in [7, 11) is 3.56. The minimum Gasteiger partial charge on any atom is -0.497 e. The van der Waals surface area contributed by atoms with E-state index in [2.05, 4.69) is 4.90 Å². The van der Waals surface area contributed by atoms with E-state index in [1.54, 1.807) is 48.4 Å². The Kier molecular flexibility index (Phi) is 4.81. The smallest absolute Gasteiger partial charge is 0.253 e. The van der Waals surface area contributed by atoms with E-state index in [-0.39, 0.29) is 17.8 Å². The van der Waals surface area contributed by atoms with Gasteiger partial charge in [0.25, 0.3) is 5.91 Å². The topological polar surface area (TPSA) is 32.8 Å². The van der Waals surface area contributed by atoms with Crippen LogP contribution in [0, 0.1) is 5.82 Å². The maximum absolute atomic E-state index is 14.1. The highest BCUT2D eigenvalue weighted by Crippen LogP contribution is 2.27. The van der Waals surface area contributed by atoms with Gasteiger partial charge in [-0.1, -0.05) is 18.2 Å². The highest BCUT2D eigenvalue weighted by Gasteiger charge is 2.30. The number of ether oxygens (including phenoxy) is 1. The molecule has 0 spiro atoms. The van der Waals surface area contributed by atoms with Crippen LogP contribution >= 0.6 is 0 Å². The molecule has 1 saturated heterocycles. The van der Waals surface area contributed by atoms with Gasteiger partial charge in [-0.15, -0.1) is 0 Å². The summed E-state index contributed by atoms with van der Waals surface area (Å²) in [5.41, 5.74) is 1.25. The van der Waals surface area contributed by atoms with Gasteiger partial charge in [-0.25, -0.2) is 4.39 Å². The van der Waals surface area contributed by atoms with E-state index < -0.39 is 0 Å². The fourth-order valence-corrected chi connectivity index (χ4v) is 3.06. The molecule has 1 amide bonds. The van der Waals surface area contributed by atoms with E-state index in [9.17, 15) is 9.18 Å². The Morgan fingerprint density at radius 3 is 2.50 bits per heavy atom. The van der Waals surface area contributed by atoms with Gasteiger partial charge in [-0.3, -0.25) is 9.69 Å². The molecule has 3 rings (SSSR count). The zero-order valence-corrected chi connectivity index (χ0v) is 13.9. The predicted molar refractivity (Wildman–Crippen MR) is 90.7 cm³/mol. The average Bonchev–Trinajstić information content (AvgIpc) is 2.62. The van der Waals surface area contributed by atoms with Crippen LogP contribution in [0.2, 0.25) is 0 Å². The normalized spacial score (nSPS) is 18.5. The molecule has 0 saturated carbocycles. The van der Waals surface area contributed by atoms with Crippen LogP contribution in [0.1, 0.15) is 22.0 Å². The zero-order valence-electron chi connectivity index (χ0n) is 13.9. The van der Waals surface area contributed by atoms with Crippen molar-refractivity contribution in [2.75, 3.05) is 33.8 Å². The third kappa shape index (κ3) is 3.26. The SMILES string of the molecule is COc1ccc(C(=O)N2CCN(C)C(c3ccccc3F)C2)cc1. The molecule has 0 N–H and O–H groups in total. The van der Waals surface area contributed by atoms with Crippen molar-refractivity contribution in [2.45, 2.75) is 6.04 Å². The molecule has 5 heteroatoms. The molecule has 0 bridgehead atoms. The molecule has 0 radical (unpaired) electrons. The fourth-order valence-electron chi connectivity index (χ4n) is 3.06. The molecule has 0 aromatic heterocycles. The first-order chi connectivity index (χ1) is 11.6. The van der Waals surface area contributed by atoms with E-state index in [1.165, 1.54) is 6.07 Å². The summed E-state index contributed by atoms with van der Waals surface area (Å²) in [6.45, 7) is 1.81. The number of likely N-dealkylation sites (N-methyl/N-ethyl adjacent to an activating group) is 1. The van der Waals surface area contributed by atoms with Crippen molar-refractivity contribution < 1.29 is 13.9 Å². The summed E-state index contributed by atoms with van der Waals surface area (Å²) in [6.07, 6.45) is 0. The number of carbonyl (C=O) groups is 1. The molecule has 2 aromatic carbocycles. The molecule has 1 aliphatic rings. The molecule has 126 valence electrons. The number of rotatable bonds is 3. The highest BCUT2D eigenvalue weighted by molar-refractivity contribution is 5.94. The molecule has 1 aliphatic heterocycles. The van der Waals surface area contributed by atoms with Crippen LogP contribution in [0.5, 0.6) is 5.75 Å². The monoisotopic (exact) mass is 328 g/mol. The van der Waals surface area contributed by atoms with E-state index in [4.69, 9.17) is 4.74 Å². The highest BCUT2D eigenvalue weighted by atomic mass is 19.1. The number of nitrogens with zero attached hydrogens (tertiary/aromatic N) is 2.